The number of nitrogens with zero attached hydrogens (tertiary/aromatic N) is 2. The summed E-state index contributed by atoms with van der Waals surface area (Å²) in [5.41, 5.74) is 2.52. The molecule has 1 aromatic heterocycles. The average molecular weight is 438 g/mol. The average Bonchev–Trinajstić information content (AvgIpc) is 3.00. The zero-order valence-corrected chi connectivity index (χ0v) is 18.5. The number of hydrogen-bond donors (Lipinski definition) is 2. The predicted molar refractivity (Wildman–Crippen MR) is 122 cm³/mol. The Hall–Kier alpha value is -2.48. The van der Waals surface area contributed by atoms with E-state index in [0.717, 1.165) is 54.0 Å². The van der Waals surface area contributed by atoms with Gasteiger partial charge in [-0.15, -0.1) is 0 Å². The number of nitrogens with one attached hydrogen (secondary N) is 1. The third kappa shape index (κ3) is 4.00. The summed E-state index contributed by atoms with van der Waals surface area (Å²) in [6, 6.07) is 9.81. The van der Waals surface area contributed by atoms with Crippen LogP contribution in [0.1, 0.15) is 49.7 Å². The third-order valence-corrected chi connectivity index (χ3v) is 7.24. The standard InChI is InChI=1S/C25H31N3O4/c1-31-20-7-4-17(5-8-20)24(29)28-16-18-3-2-12-26-23(18)27-21-9-6-19(15-22(21)28)25(30)10-13-32-14-11-25/h2-3,6,9,12,15,17,20,30H,4-5,7-8,10-11,13-14,16H2,1H3,(H,26,27)/t17-,20-. The van der Waals surface area contributed by atoms with Crippen molar-refractivity contribution in [1.82, 2.24) is 4.98 Å². The highest BCUT2D eigenvalue weighted by Gasteiger charge is 2.36. The van der Waals surface area contributed by atoms with Gasteiger partial charge in [-0.25, -0.2) is 4.98 Å². The van der Waals surface area contributed by atoms with E-state index in [1.165, 1.54) is 0 Å². The number of aliphatic hydroxyl groups is 1. The first-order valence-electron chi connectivity index (χ1n) is 11.6. The molecule has 1 aliphatic carbocycles. The number of anilines is 3. The molecule has 0 bridgehead atoms. The quantitative estimate of drug-likeness (QED) is 0.758. The number of amides is 1. The van der Waals surface area contributed by atoms with Crippen molar-refractivity contribution >= 4 is 23.1 Å². The van der Waals surface area contributed by atoms with E-state index in [1.54, 1.807) is 13.3 Å². The molecule has 7 nitrogen and oxygen atoms in total. The minimum Gasteiger partial charge on any atom is -0.385 e. The van der Waals surface area contributed by atoms with Crippen molar-refractivity contribution < 1.29 is 19.4 Å². The van der Waals surface area contributed by atoms with E-state index in [9.17, 15) is 9.90 Å². The maximum absolute atomic E-state index is 13.8. The molecule has 170 valence electrons. The first-order chi connectivity index (χ1) is 15.6. The van der Waals surface area contributed by atoms with Crippen LogP contribution in [0.15, 0.2) is 36.5 Å². The van der Waals surface area contributed by atoms with Crippen LogP contribution in [-0.2, 0) is 26.4 Å². The lowest BCUT2D eigenvalue weighted by atomic mass is 9.85. The smallest absolute Gasteiger partial charge is 0.230 e. The summed E-state index contributed by atoms with van der Waals surface area (Å²) in [5, 5.41) is 14.7. The molecule has 1 amide bonds. The fourth-order valence-electron chi connectivity index (χ4n) is 5.17. The van der Waals surface area contributed by atoms with Crippen molar-refractivity contribution in [3.05, 3.63) is 47.7 Å². The zero-order chi connectivity index (χ0) is 22.1. The van der Waals surface area contributed by atoms with E-state index in [2.05, 4.69) is 10.3 Å². The van der Waals surface area contributed by atoms with E-state index in [0.29, 0.717) is 32.6 Å². The SMILES string of the molecule is CO[C@H]1CC[C@H](C(=O)N2Cc3cccnc3Nc3ccc(C4(O)CCOCC4)cc32)CC1. The number of fused-ring (bicyclic) bond motifs is 2. The summed E-state index contributed by atoms with van der Waals surface area (Å²) >= 11 is 0. The third-order valence-electron chi connectivity index (χ3n) is 7.24. The van der Waals surface area contributed by atoms with Crippen LogP contribution in [0.3, 0.4) is 0 Å². The van der Waals surface area contributed by atoms with Gasteiger partial charge in [0.25, 0.3) is 0 Å². The van der Waals surface area contributed by atoms with Crippen LogP contribution in [0, 0.1) is 5.92 Å². The van der Waals surface area contributed by atoms with Gasteiger partial charge < -0.3 is 24.8 Å². The minimum absolute atomic E-state index is 0.0257. The van der Waals surface area contributed by atoms with Crippen LogP contribution in [0.4, 0.5) is 17.2 Å². The van der Waals surface area contributed by atoms with E-state index >= 15 is 0 Å². The molecule has 1 saturated carbocycles. The molecule has 0 radical (unpaired) electrons. The fourth-order valence-corrected chi connectivity index (χ4v) is 5.17. The van der Waals surface area contributed by atoms with E-state index in [4.69, 9.17) is 9.47 Å². The maximum atomic E-state index is 13.8. The second-order valence-corrected chi connectivity index (χ2v) is 9.15. The molecule has 2 N–H and O–H groups in total. The van der Waals surface area contributed by atoms with Crippen LogP contribution in [0.2, 0.25) is 0 Å². The van der Waals surface area contributed by atoms with Gasteiger partial charge >= 0.3 is 0 Å². The maximum Gasteiger partial charge on any atom is 0.230 e. The normalized spacial score (nSPS) is 24.6. The second-order valence-electron chi connectivity index (χ2n) is 9.15. The summed E-state index contributed by atoms with van der Waals surface area (Å²) in [6.45, 7) is 1.52. The lowest BCUT2D eigenvalue weighted by molar-refractivity contribution is -0.124. The molecule has 0 spiro atoms. The van der Waals surface area contributed by atoms with Crippen molar-refractivity contribution in [2.45, 2.75) is 56.8 Å². The Morgan fingerprint density at radius 1 is 1.22 bits per heavy atom. The molecule has 32 heavy (non-hydrogen) atoms. The Morgan fingerprint density at radius 2 is 2.00 bits per heavy atom. The minimum atomic E-state index is -0.935. The Balaban J connectivity index is 1.52. The lowest BCUT2D eigenvalue weighted by Gasteiger charge is -2.35. The first-order valence-corrected chi connectivity index (χ1v) is 11.6. The summed E-state index contributed by atoms with van der Waals surface area (Å²) in [5.74, 6) is 0.877. The molecule has 2 fully saturated rings. The van der Waals surface area contributed by atoms with Crippen LogP contribution in [0.25, 0.3) is 0 Å². The number of rotatable bonds is 3. The van der Waals surface area contributed by atoms with E-state index < -0.39 is 5.60 Å². The molecule has 7 heteroatoms. The molecular weight excluding hydrogens is 406 g/mol. The molecule has 1 saturated heterocycles. The number of carbonyl (C=O) groups is 1. The van der Waals surface area contributed by atoms with Gasteiger partial charge in [-0.05, 0) is 49.4 Å². The molecule has 2 aromatic rings. The monoisotopic (exact) mass is 437 g/mol. The highest BCUT2D eigenvalue weighted by Crippen LogP contribution is 2.41. The number of hydrogen-bond acceptors (Lipinski definition) is 6. The van der Waals surface area contributed by atoms with E-state index in [-0.39, 0.29) is 17.9 Å². The van der Waals surface area contributed by atoms with Crippen molar-refractivity contribution in [3.63, 3.8) is 0 Å². The number of methoxy groups -OCH3 is 1. The first kappa shape index (κ1) is 21.4. The Kier molecular flexibility index (Phi) is 5.88. The largest absolute Gasteiger partial charge is 0.385 e. The van der Waals surface area contributed by atoms with Gasteiger partial charge in [0.1, 0.15) is 5.82 Å². The van der Waals surface area contributed by atoms with Crippen LogP contribution < -0.4 is 10.2 Å². The number of carbonyl (C=O) groups excluding carboxylic acids is 1. The van der Waals surface area contributed by atoms with E-state index in [1.807, 2.05) is 35.2 Å². The predicted octanol–water partition coefficient (Wildman–Crippen LogP) is 3.88. The molecular formula is C25H31N3O4. The zero-order valence-electron chi connectivity index (χ0n) is 18.5. The number of aromatic nitrogens is 1. The lowest BCUT2D eigenvalue weighted by Crippen LogP contribution is -2.38. The molecule has 2 aliphatic heterocycles. The topological polar surface area (TPSA) is 83.9 Å². The summed E-state index contributed by atoms with van der Waals surface area (Å²) in [4.78, 5) is 20.2. The van der Waals surface area contributed by atoms with Crippen LogP contribution in [0.5, 0.6) is 0 Å². The number of pyridine rings is 1. The number of benzene rings is 1. The van der Waals surface area contributed by atoms with Gasteiger partial charge in [0.05, 0.1) is 29.6 Å². The summed E-state index contributed by atoms with van der Waals surface area (Å²) in [6.07, 6.45) is 6.58. The van der Waals surface area contributed by atoms with Gasteiger partial charge in [-0.2, -0.15) is 0 Å². The second kappa shape index (κ2) is 8.81. The van der Waals surface area contributed by atoms with Gasteiger partial charge in [0.2, 0.25) is 5.91 Å². The van der Waals surface area contributed by atoms with Crippen molar-refractivity contribution in [2.24, 2.45) is 5.92 Å². The molecule has 0 atom stereocenters. The summed E-state index contributed by atoms with van der Waals surface area (Å²) in [7, 11) is 1.75. The Bertz CT molecular complexity index is 981. The highest BCUT2D eigenvalue weighted by molar-refractivity contribution is 5.99. The van der Waals surface area contributed by atoms with Crippen molar-refractivity contribution in [1.29, 1.82) is 0 Å². The van der Waals surface area contributed by atoms with Gasteiger partial charge in [0.15, 0.2) is 0 Å². The molecule has 5 rings (SSSR count). The van der Waals surface area contributed by atoms with Gasteiger partial charge in [0, 0.05) is 50.8 Å². The fraction of sp³-hybridized carbons (Fsp3) is 0.520. The van der Waals surface area contributed by atoms with Crippen LogP contribution in [-0.4, -0.2) is 42.4 Å². The number of ether oxygens (including phenoxy) is 2. The van der Waals surface area contributed by atoms with Gasteiger partial charge in [-0.3, -0.25) is 4.79 Å². The van der Waals surface area contributed by atoms with Crippen molar-refractivity contribution in [3.8, 4) is 0 Å². The molecule has 0 unspecified atom stereocenters. The summed E-state index contributed by atoms with van der Waals surface area (Å²) < 4.78 is 11.0. The van der Waals surface area contributed by atoms with Crippen LogP contribution >= 0.6 is 0 Å². The van der Waals surface area contributed by atoms with Gasteiger partial charge in [-0.1, -0.05) is 12.1 Å². The Labute approximate surface area is 188 Å². The highest BCUT2D eigenvalue weighted by atomic mass is 16.5. The molecule has 3 aliphatic rings. The molecule has 1 aromatic carbocycles. The van der Waals surface area contributed by atoms with Crippen molar-refractivity contribution in [2.75, 3.05) is 30.5 Å². The Morgan fingerprint density at radius 3 is 2.75 bits per heavy atom. The molecule has 3 heterocycles.